The van der Waals surface area contributed by atoms with Crippen LogP contribution in [0.15, 0.2) is 42.6 Å². The molecule has 0 bridgehead atoms. The Morgan fingerprint density at radius 3 is 2.33 bits per heavy atom. The molecule has 0 aliphatic rings. The minimum Gasteiger partial charge on any atom is -0.477 e. The number of pyridine rings is 1. The van der Waals surface area contributed by atoms with Crippen LogP contribution in [0.4, 0.5) is 5.69 Å². The number of aliphatic hydroxyl groups excluding tert-OH is 1. The van der Waals surface area contributed by atoms with Gasteiger partial charge in [0.1, 0.15) is 5.69 Å². The molecule has 0 aliphatic carbocycles. The van der Waals surface area contributed by atoms with Gasteiger partial charge in [0.25, 0.3) is 5.91 Å². The van der Waals surface area contributed by atoms with Gasteiger partial charge in [-0.25, -0.2) is 9.78 Å². The minimum atomic E-state index is -1.14. The molecule has 0 fully saturated rings. The fourth-order valence-corrected chi connectivity index (χ4v) is 1.74. The van der Waals surface area contributed by atoms with Gasteiger partial charge in [0, 0.05) is 18.5 Å². The van der Waals surface area contributed by atoms with Crippen LogP contribution < -0.4 is 5.32 Å². The average molecular weight is 286 g/mol. The highest BCUT2D eigenvalue weighted by Gasteiger charge is 2.09. The van der Waals surface area contributed by atoms with E-state index in [1.807, 2.05) is 12.1 Å². The number of nitrogens with one attached hydrogen (secondary N) is 1. The first-order chi connectivity index (χ1) is 10.1. The van der Waals surface area contributed by atoms with Crippen molar-refractivity contribution < 1.29 is 19.8 Å². The van der Waals surface area contributed by atoms with Crippen LogP contribution in [0.5, 0.6) is 0 Å². The second kappa shape index (κ2) is 6.62. The van der Waals surface area contributed by atoms with E-state index in [0.717, 1.165) is 5.56 Å². The number of carboxylic acids is 1. The second-order valence-corrected chi connectivity index (χ2v) is 4.36. The van der Waals surface area contributed by atoms with Crippen LogP contribution in [-0.2, 0) is 6.42 Å². The van der Waals surface area contributed by atoms with Gasteiger partial charge in [0.05, 0.1) is 5.56 Å². The molecule has 0 spiro atoms. The maximum Gasteiger partial charge on any atom is 0.354 e. The fourth-order valence-electron chi connectivity index (χ4n) is 1.74. The standard InChI is InChI=1S/C15H14N2O4/c18-8-7-10-1-4-12(5-2-10)17-14(19)11-3-6-13(15(20)21)16-9-11/h1-6,9,18H,7-8H2,(H,17,19)(H,20,21). The molecule has 0 atom stereocenters. The highest BCUT2D eigenvalue weighted by Crippen LogP contribution is 2.12. The van der Waals surface area contributed by atoms with E-state index in [-0.39, 0.29) is 23.8 Å². The van der Waals surface area contributed by atoms with E-state index < -0.39 is 5.97 Å². The van der Waals surface area contributed by atoms with Crippen LogP contribution in [0, 0.1) is 0 Å². The number of carboxylic acid groups (broad SMARTS) is 1. The summed E-state index contributed by atoms with van der Waals surface area (Å²) in [5, 5.41) is 20.3. The van der Waals surface area contributed by atoms with Crippen molar-refractivity contribution in [1.29, 1.82) is 0 Å². The molecule has 0 saturated carbocycles. The number of amides is 1. The monoisotopic (exact) mass is 286 g/mol. The Bertz CT molecular complexity index is 636. The minimum absolute atomic E-state index is 0.0767. The van der Waals surface area contributed by atoms with E-state index in [9.17, 15) is 9.59 Å². The smallest absolute Gasteiger partial charge is 0.354 e. The summed E-state index contributed by atoms with van der Waals surface area (Å²) >= 11 is 0. The molecule has 2 rings (SSSR count). The molecule has 21 heavy (non-hydrogen) atoms. The summed E-state index contributed by atoms with van der Waals surface area (Å²) in [5.74, 6) is -1.50. The first-order valence-electron chi connectivity index (χ1n) is 6.30. The van der Waals surface area contributed by atoms with Gasteiger partial charge in [-0.15, -0.1) is 0 Å². The number of nitrogens with zero attached hydrogens (tertiary/aromatic N) is 1. The third-order valence-corrected chi connectivity index (χ3v) is 2.86. The molecule has 0 saturated heterocycles. The number of carbonyl (C=O) groups excluding carboxylic acids is 1. The molecule has 1 aromatic heterocycles. The van der Waals surface area contributed by atoms with Gasteiger partial charge in [-0.05, 0) is 36.2 Å². The highest BCUT2D eigenvalue weighted by atomic mass is 16.4. The van der Waals surface area contributed by atoms with E-state index in [4.69, 9.17) is 10.2 Å². The number of hydrogen-bond acceptors (Lipinski definition) is 4. The zero-order valence-electron chi connectivity index (χ0n) is 11.1. The summed E-state index contributed by atoms with van der Waals surface area (Å²) in [4.78, 5) is 26.3. The van der Waals surface area contributed by atoms with E-state index in [1.165, 1.54) is 18.3 Å². The molecule has 1 aromatic carbocycles. The van der Waals surface area contributed by atoms with Crippen molar-refractivity contribution in [2.45, 2.75) is 6.42 Å². The summed E-state index contributed by atoms with van der Waals surface area (Å²) in [6.45, 7) is 0.0767. The molecule has 1 amide bonds. The molecule has 6 nitrogen and oxygen atoms in total. The molecular formula is C15H14N2O4. The van der Waals surface area contributed by atoms with Gasteiger partial charge in [0.15, 0.2) is 0 Å². The molecule has 108 valence electrons. The zero-order valence-corrected chi connectivity index (χ0v) is 11.1. The average Bonchev–Trinajstić information content (AvgIpc) is 2.49. The predicted octanol–water partition coefficient (Wildman–Crippen LogP) is 1.57. The first-order valence-corrected chi connectivity index (χ1v) is 6.30. The third kappa shape index (κ3) is 3.87. The number of hydrogen-bond donors (Lipinski definition) is 3. The Balaban J connectivity index is 2.05. The van der Waals surface area contributed by atoms with Crippen LogP contribution in [0.25, 0.3) is 0 Å². The predicted molar refractivity (Wildman–Crippen MR) is 76.4 cm³/mol. The van der Waals surface area contributed by atoms with E-state index in [2.05, 4.69) is 10.3 Å². The van der Waals surface area contributed by atoms with Crippen molar-refractivity contribution in [3.8, 4) is 0 Å². The quantitative estimate of drug-likeness (QED) is 0.774. The number of rotatable bonds is 5. The maximum absolute atomic E-state index is 12.0. The zero-order chi connectivity index (χ0) is 15.2. The van der Waals surface area contributed by atoms with Gasteiger partial charge in [-0.1, -0.05) is 12.1 Å². The molecular weight excluding hydrogens is 272 g/mol. The van der Waals surface area contributed by atoms with Crippen molar-refractivity contribution >= 4 is 17.6 Å². The fraction of sp³-hybridized carbons (Fsp3) is 0.133. The molecule has 0 aliphatic heterocycles. The summed E-state index contributed by atoms with van der Waals surface area (Å²) < 4.78 is 0. The lowest BCUT2D eigenvalue weighted by molar-refractivity contribution is 0.0690. The largest absolute Gasteiger partial charge is 0.477 e. The van der Waals surface area contributed by atoms with Gasteiger partial charge in [-0.3, -0.25) is 4.79 Å². The molecule has 0 radical (unpaired) electrons. The topological polar surface area (TPSA) is 99.5 Å². The van der Waals surface area contributed by atoms with Crippen LogP contribution in [0.3, 0.4) is 0 Å². The molecule has 2 aromatic rings. The van der Waals surface area contributed by atoms with Crippen LogP contribution >= 0.6 is 0 Å². The Labute approximate surface area is 121 Å². The Morgan fingerprint density at radius 2 is 1.81 bits per heavy atom. The number of benzene rings is 1. The number of aromatic carboxylic acids is 1. The Hall–Kier alpha value is -2.73. The third-order valence-electron chi connectivity index (χ3n) is 2.86. The first kappa shape index (κ1) is 14.7. The lowest BCUT2D eigenvalue weighted by Crippen LogP contribution is -2.13. The van der Waals surface area contributed by atoms with Gasteiger partial charge >= 0.3 is 5.97 Å². The number of anilines is 1. The second-order valence-electron chi connectivity index (χ2n) is 4.36. The van der Waals surface area contributed by atoms with Crippen LogP contribution in [-0.4, -0.2) is 33.7 Å². The van der Waals surface area contributed by atoms with E-state index >= 15 is 0 Å². The molecule has 6 heteroatoms. The summed E-state index contributed by atoms with van der Waals surface area (Å²) in [6.07, 6.45) is 1.79. The van der Waals surface area contributed by atoms with Gasteiger partial charge < -0.3 is 15.5 Å². The molecule has 1 heterocycles. The van der Waals surface area contributed by atoms with E-state index in [1.54, 1.807) is 12.1 Å². The molecule has 3 N–H and O–H groups in total. The van der Waals surface area contributed by atoms with Crippen LogP contribution in [0.2, 0.25) is 0 Å². The number of carbonyl (C=O) groups is 2. The number of aliphatic hydroxyl groups is 1. The molecule has 0 unspecified atom stereocenters. The van der Waals surface area contributed by atoms with Crippen molar-refractivity contribution in [1.82, 2.24) is 4.98 Å². The summed E-state index contributed by atoms with van der Waals surface area (Å²) in [5.41, 5.74) is 1.76. The Morgan fingerprint density at radius 1 is 1.10 bits per heavy atom. The van der Waals surface area contributed by atoms with Crippen molar-refractivity contribution in [3.63, 3.8) is 0 Å². The van der Waals surface area contributed by atoms with Gasteiger partial charge in [-0.2, -0.15) is 0 Å². The lowest BCUT2D eigenvalue weighted by Gasteiger charge is -2.06. The maximum atomic E-state index is 12.0. The van der Waals surface area contributed by atoms with Crippen molar-refractivity contribution in [2.24, 2.45) is 0 Å². The highest BCUT2D eigenvalue weighted by molar-refractivity contribution is 6.04. The summed E-state index contributed by atoms with van der Waals surface area (Å²) in [6, 6.07) is 9.80. The van der Waals surface area contributed by atoms with Crippen molar-refractivity contribution in [3.05, 3.63) is 59.4 Å². The van der Waals surface area contributed by atoms with Crippen LogP contribution in [0.1, 0.15) is 26.4 Å². The SMILES string of the molecule is O=C(Nc1ccc(CCO)cc1)c1ccc(C(=O)O)nc1. The summed E-state index contributed by atoms with van der Waals surface area (Å²) in [7, 11) is 0. The van der Waals surface area contributed by atoms with Crippen molar-refractivity contribution in [2.75, 3.05) is 11.9 Å². The number of aromatic nitrogens is 1. The van der Waals surface area contributed by atoms with Gasteiger partial charge in [0.2, 0.25) is 0 Å². The Kier molecular flexibility index (Phi) is 4.63. The van der Waals surface area contributed by atoms with E-state index in [0.29, 0.717) is 12.1 Å². The normalized spacial score (nSPS) is 10.1. The lowest BCUT2D eigenvalue weighted by atomic mass is 10.1.